The Balaban J connectivity index is 3.64. The highest BCUT2D eigenvalue weighted by Crippen LogP contribution is 2.33. The first-order valence-corrected chi connectivity index (χ1v) is 12.4. The molecule has 0 aromatic carbocycles. The van der Waals surface area contributed by atoms with Crippen molar-refractivity contribution < 1.29 is 9.59 Å². The molecule has 0 heterocycles. The molecule has 0 radical (unpaired) electrons. The molecule has 0 aliphatic rings. The van der Waals surface area contributed by atoms with Gasteiger partial charge in [-0.1, -0.05) is 98.3 Å². The minimum atomic E-state index is -0.202. The van der Waals surface area contributed by atoms with E-state index in [0.717, 1.165) is 19.3 Å². The molecule has 0 aromatic heterocycles. The van der Waals surface area contributed by atoms with Gasteiger partial charge in [0.05, 0.1) is 0 Å². The highest BCUT2D eigenvalue weighted by molar-refractivity contribution is 6.64. The average molecular weight is 436 g/mol. The zero-order valence-corrected chi connectivity index (χ0v) is 20.3. The molecule has 0 aliphatic carbocycles. The normalized spacial score (nSPS) is 13.9. The molecule has 4 heteroatoms. The van der Waals surface area contributed by atoms with E-state index >= 15 is 0 Å². The Kier molecular flexibility index (Phi) is 17.7. The smallest absolute Gasteiger partial charge is 0.225 e. The molecule has 2 unspecified atom stereocenters. The first-order valence-electron chi connectivity index (χ1n) is 11.6. The van der Waals surface area contributed by atoms with Crippen molar-refractivity contribution in [2.75, 3.05) is 0 Å². The van der Waals surface area contributed by atoms with Crippen molar-refractivity contribution in [2.24, 2.45) is 23.7 Å². The molecule has 0 saturated heterocycles. The summed E-state index contributed by atoms with van der Waals surface area (Å²) in [5.41, 5.74) is 0. The SMILES string of the molecule is CC(C)C(CCCCCCCCCCCCCCC(=O)Cl)C(C(=O)Cl)C(C)C. The van der Waals surface area contributed by atoms with Gasteiger partial charge in [0.15, 0.2) is 0 Å². The van der Waals surface area contributed by atoms with Gasteiger partial charge in [-0.3, -0.25) is 9.59 Å². The van der Waals surface area contributed by atoms with Gasteiger partial charge in [0.25, 0.3) is 0 Å². The maximum Gasteiger partial charge on any atom is 0.225 e. The van der Waals surface area contributed by atoms with E-state index in [2.05, 4.69) is 27.7 Å². The van der Waals surface area contributed by atoms with Crippen molar-refractivity contribution in [1.82, 2.24) is 0 Å². The topological polar surface area (TPSA) is 34.1 Å². The van der Waals surface area contributed by atoms with Crippen LogP contribution in [0.2, 0.25) is 0 Å². The monoisotopic (exact) mass is 434 g/mol. The quantitative estimate of drug-likeness (QED) is 0.150. The highest BCUT2D eigenvalue weighted by atomic mass is 35.5. The second-order valence-electron chi connectivity index (χ2n) is 9.12. The lowest BCUT2D eigenvalue weighted by atomic mass is 9.75. The molecule has 28 heavy (non-hydrogen) atoms. The second-order valence-corrected chi connectivity index (χ2v) is 9.91. The van der Waals surface area contributed by atoms with Gasteiger partial charge in [-0.15, -0.1) is 0 Å². The fourth-order valence-corrected chi connectivity index (χ4v) is 4.81. The van der Waals surface area contributed by atoms with Crippen LogP contribution in [0, 0.1) is 23.7 Å². The van der Waals surface area contributed by atoms with E-state index in [4.69, 9.17) is 23.2 Å². The van der Waals surface area contributed by atoms with Gasteiger partial charge in [-0.25, -0.2) is 0 Å². The summed E-state index contributed by atoms with van der Waals surface area (Å²) in [6.45, 7) is 8.66. The van der Waals surface area contributed by atoms with Crippen LogP contribution in [0.25, 0.3) is 0 Å². The molecule has 0 aliphatic heterocycles. The van der Waals surface area contributed by atoms with Crippen molar-refractivity contribution in [1.29, 1.82) is 0 Å². The summed E-state index contributed by atoms with van der Waals surface area (Å²) in [4.78, 5) is 22.5. The number of rotatable bonds is 19. The zero-order valence-electron chi connectivity index (χ0n) is 18.8. The van der Waals surface area contributed by atoms with Crippen molar-refractivity contribution in [3.05, 3.63) is 0 Å². The Morgan fingerprint density at radius 2 is 1.00 bits per heavy atom. The largest absolute Gasteiger partial charge is 0.281 e. The lowest BCUT2D eigenvalue weighted by Gasteiger charge is -2.30. The number of unbranched alkanes of at least 4 members (excludes halogenated alkanes) is 11. The van der Waals surface area contributed by atoms with Gasteiger partial charge in [0.1, 0.15) is 0 Å². The van der Waals surface area contributed by atoms with Crippen LogP contribution in [0.15, 0.2) is 0 Å². The molecule has 0 amide bonds. The fraction of sp³-hybridized carbons (Fsp3) is 0.917. The maximum atomic E-state index is 11.8. The van der Waals surface area contributed by atoms with Gasteiger partial charge in [-0.05, 0) is 53.8 Å². The summed E-state index contributed by atoms with van der Waals surface area (Å²) in [5, 5.41) is -0.353. The fourth-order valence-electron chi connectivity index (χ4n) is 4.26. The summed E-state index contributed by atoms with van der Waals surface area (Å²) in [7, 11) is 0. The molecule has 166 valence electrons. The van der Waals surface area contributed by atoms with Gasteiger partial charge in [0, 0.05) is 12.3 Å². The number of halogens is 2. The molecule has 0 aromatic rings. The Morgan fingerprint density at radius 1 is 0.607 bits per heavy atom. The first kappa shape index (κ1) is 27.9. The number of carbonyl (C=O) groups is 2. The zero-order chi connectivity index (χ0) is 21.4. The third kappa shape index (κ3) is 14.9. The molecule has 2 nitrogen and oxygen atoms in total. The van der Waals surface area contributed by atoms with E-state index in [9.17, 15) is 9.59 Å². The molecule has 0 saturated carbocycles. The molecule has 2 atom stereocenters. The lowest BCUT2D eigenvalue weighted by molar-refractivity contribution is -0.119. The maximum absolute atomic E-state index is 11.8. The van der Waals surface area contributed by atoms with E-state index in [1.807, 2.05) is 0 Å². The van der Waals surface area contributed by atoms with Crippen LogP contribution >= 0.6 is 23.2 Å². The van der Waals surface area contributed by atoms with Crippen molar-refractivity contribution >= 4 is 33.7 Å². The molecule has 0 bridgehead atoms. The van der Waals surface area contributed by atoms with E-state index < -0.39 is 0 Å². The molecule has 0 rings (SSSR count). The molecule has 0 fully saturated rings. The van der Waals surface area contributed by atoms with Crippen molar-refractivity contribution in [3.63, 3.8) is 0 Å². The summed E-state index contributed by atoms with van der Waals surface area (Å²) < 4.78 is 0. The van der Waals surface area contributed by atoms with Gasteiger partial charge < -0.3 is 0 Å². The van der Waals surface area contributed by atoms with Crippen molar-refractivity contribution in [3.8, 4) is 0 Å². The third-order valence-electron chi connectivity index (χ3n) is 5.96. The molecular weight excluding hydrogens is 391 g/mol. The van der Waals surface area contributed by atoms with Crippen LogP contribution < -0.4 is 0 Å². The number of hydrogen-bond donors (Lipinski definition) is 0. The van der Waals surface area contributed by atoms with E-state index in [-0.39, 0.29) is 16.4 Å². The van der Waals surface area contributed by atoms with E-state index in [1.165, 1.54) is 64.2 Å². The Labute approximate surface area is 184 Å². The predicted octanol–water partition coefficient (Wildman–Crippen LogP) is 8.52. The molecule has 0 N–H and O–H groups in total. The average Bonchev–Trinajstić information content (AvgIpc) is 2.59. The van der Waals surface area contributed by atoms with Crippen LogP contribution in [0.1, 0.15) is 118 Å². The standard InChI is InChI=1S/C24H44Cl2O2/c1-19(2)21(23(20(3)4)24(26)28)17-15-13-11-9-7-5-6-8-10-12-14-16-18-22(25)27/h19-21,23H,5-18H2,1-4H3. The summed E-state index contributed by atoms with van der Waals surface area (Å²) in [6, 6.07) is 0. The summed E-state index contributed by atoms with van der Waals surface area (Å²) >= 11 is 11.2. The minimum absolute atomic E-state index is 0.00269. The second kappa shape index (κ2) is 17.8. The lowest BCUT2D eigenvalue weighted by Crippen LogP contribution is -2.29. The highest BCUT2D eigenvalue weighted by Gasteiger charge is 2.31. The van der Waals surface area contributed by atoms with Crippen LogP contribution in [-0.4, -0.2) is 10.5 Å². The van der Waals surface area contributed by atoms with Crippen LogP contribution in [0.4, 0.5) is 0 Å². The van der Waals surface area contributed by atoms with E-state index in [0.29, 0.717) is 24.2 Å². The van der Waals surface area contributed by atoms with E-state index in [1.54, 1.807) is 0 Å². The Bertz CT molecular complexity index is 407. The minimum Gasteiger partial charge on any atom is -0.281 e. The predicted molar refractivity (Wildman–Crippen MR) is 123 cm³/mol. The summed E-state index contributed by atoms with van der Waals surface area (Å²) in [5.74, 6) is 1.23. The van der Waals surface area contributed by atoms with Gasteiger partial charge in [-0.2, -0.15) is 0 Å². The first-order chi connectivity index (χ1) is 13.3. The molecular formula is C24H44Cl2O2. The Hall–Kier alpha value is -0.0800. The van der Waals surface area contributed by atoms with Crippen molar-refractivity contribution in [2.45, 2.75) is 118 Å². The number of hydrogen-bond acceptors (Lipinski definition) is 2. The van der Waals surface area contributed by atoms with Gasteiger partial charge in [0.2, 0.25) is 10.5 Å². The Morgan fingerprint density at radius 3 is 1.32 bits per heavy atom. The van der Waals surface area contributed by atoms with Crippen LogP contribution in [0.5, 0.6) is 0 Å². The summed E-state index contributed by atoms with van der Waals surface area (Å²) in [6.07, 6.45) is 16.6. The number of carbonyl (C=O) groups excluding carboxylic acids is 2. The van der Waals surface area contributed by atoms with Crippen LogP contribution in [0.3, 0.4) is 0 Å². The third-order valence-corrected chi connectivity index (χ3v) is 6.40. The van der Waals surface area contributed by atoms with Crippen LogP contribution in [-0.2, 0) is 9.59 Å². The molecule has 0 spiro atoms. The van der Waals surface area contributed by atoms with Gasteiger partial charge >= 0.3 is 0 Å².